The molecule has 0 unspecified atom stereocenters. The SMILES string of the molecule is O=C(Nc1cc2[nH]c(=O)[nH]c2cc1Br)c1ccc(Br)s1. The van der Waals surface area contributed by atoms with E-state index >= 15 is 0 Å². The highest BCUT2D eigenvalue weighted by Gasteiger charge is 2.12. The molecule has 0 aliphatic rings. The first kappa shape index (κ1) is 13.6. The molecule has 0 bridgehead atoms. The van der Waals surface area contributed by atoms with E-state index in [1.165, 1.54) is 11.3 Å². The van der Waals surface area contributed by atoms with Gasteiger partial charge in [0.15, 0.2) is 0 Å². The number of halogens is 2. The second kappa shape index (κ2) is 5.19. The number of fused-ring (bicyclic) bond motifs is 1. The Hall–Kier alpha value is -1.38. The Morgan fingerprint density at radius 3 is 2.50 bits per heavy atom. The van der Waals surface area contributed by atoms with E-state index in [1.54, 1.807) is 18.2 Å². The number of hydrogen-bond acceptors (Lipinski definition) is 3. The molecule has 2 heterocycles. The average molecular weight is 417 g/mol. The average Bonchev–Trinajstić information content (AvgIpc) is 2.95. The molecular formula is C12H7Br2N3O2S. The lowest BCUT2D eigenvalue weighted by molar-refractivity contribution is 0.103. The Kier molecular flexibility index (Phi) is 3.53. The van der Waals surface area contributed by atoms with Crippen LogP contribution in [0.5, 0.6) is 0 Å². The summed E-state index contributed by atoms with van der Waals surface area (Å²) in [5.74, 6) is -0.196. The number of rotatable bonds is 2. The molecule has 0 aliphatic carbocycles. The Labute approximate surface area is 133 Å². The molecule has 3 aromatic rings. The topological polar surface area (TPSA) is 77.8 Å². The number of anilines is 1. The normalized spacial score (nSPS) is 10.9. The van der Waals surface area contributed by atoms with Crippen LogP contribution in [-0.4, -0.2) is 15.9 Å². The van der Waals surface area contributed by atoms with Crippen LogP contribution in [0.3, 0.4) is 0 Å². The predicted octanol–water partition coefficient (Wildman–Crippen LogP) is 3.70. The van der Waals surface area contributed by atoms with Crippen LogP contribution in [0.4, 0.5) is 5.69 Å². The van der Waals surface area contributed by atoms with E-state index < -0.39 is 0 Å². The summed E-state index contributed by atoms with van der Waals surface area (Å²) in [6.45, 7) is 0. The van der Waals surface area contributed by atoms with E-state index in [9.17, 15) is 9.59 Å². The van der Waals surface area contributed by atoms with Crippen LogP contribution in [0.25, 0.3) is 11.0 Å². The van der Waals surface area contributed by atoms with Crippen molar-refractivity contribution in [3.05, 3.63) is 47.9 Å². The standard InChI is InChI=1S/C12H7Br2N3O2S/c13-5-3-7-8(17-12(19)16-7)4-6(5)15-11(18)9-1-2-10(14)20-9/h1-4H,(H,15,18)(H2,16,17,19). The van der Waals surface area contributed by atoms with E-state index in [0.29, 0.717) is 26.1 Å². The molecule has 20 heavy (non-hydrogen) atoms. The number of imidazole rings is 1. The summed E-state index contributed by atoms with van der Waals surface area (Å²) >= 11 is 8.05. The number of aromatic amines is 2. The first-order valence-electron chi connectivity index (χ1n) is 5.51. The van der Waals surface area contributed by atoms with Gasteiger partial charge in [0.05, 0.1) is 25.4 Å². The Balaban J connectivity index is 1.95. The monoisotopic (exact) mass is 415 g/mol. The van der Waals surface area contributed by atoms with E-state index in [0.717, 1.165) is 3.79 Å². The number of thiophene rings is 1. The lowest BCUT2D eigenvalue weighted by Gasteiger charge is -2.06. The molecular weight excluding hydrogens is 410 g/mol. The van der Waals surface area contributed by atoms with Crippen LogP contribution in [0.2, 0.25) is 0 Å². The van der Waals surface area contributed by atoms with Crippen LogP contribution < -0.4 is 11.0 Å². The van der Waals surface area contributed by atoms with Crippen LogP contribution >= 0.6 is 43.2 Å². The molecule has 0 saturated carbocycles. The highest BCUT2D eigenvalue weighted by Crippen LogP contribution is 2.28. The largest absolute Gasteiger partial charge is 0.323 e. The zero-order valence-corrected chi connectivity index (χ0v) is 13.8. The molecule has 3 rings (SSSR count). The number of nitrogens with one attached hydrogen (secondary N) is 3. The van der Waals surface area contributed by atoms with E-state index in [4.69, 9.17) is 0 Å². The molecule has 1 amide bonds. The van der Waals surface area contributed by atoms with Crippen molar-refractivity contribution in [1.29, 1.82) is 0 Å². The van der Waals surface area contributed by atoms with Gasteiger partial charge in [-0.25, -0.2) is 4.79 Å². The fourth-order valence-electron chi connectivity index (χ4n) is 1.77. The minimum Gasteiger partial charge on any atom is -0.320 e. The number of carbonyl (C=O) groups is 1. The number of aromatic nitrogens is 2. The van der Waals surface area contributed by atoms with Crippen molar-refractivity contribution < 1.29 is 4.79 Å². The van der Waals surface area contributed by atoms with Crippen molar-refractivity contribution in [3.8, 4) is 0 Å². The minimum absolute atomic E-state index is 0.196. The Morgan fingerprint density at radius 2 is 1.85 bits per heavy atom. The van der Waals surface area contributed by atoms with Gasteiger partial charge < -0.3 is 15.3 Å². The third-order valence-electron chi connectivity index (χ3n) is 2.65. The summed E-state index contributed by atoms with van der Waals surface area (Å²) < 4.78 is 1.59. The summed E-state index contributed by atoms with van der Waals surface area (Å²) in [5.41, 5.74) is 1.64. The summed E-state index contributed by atoms with van der Waals surface area (Å²) in [6.07, 6.45) is 0. The number of carbonyl (C=O) groups excluding carboxylic acids is 1. The molecule has 5 nitrogen and oxygen atoms in total. The van der Waals surface area contributed by atoms with Crippen molar-refractivity contribution in [3.63, 3.8) is 0 Å². The third-order valence-corrected chi connectivity index (χ3v) is 4.93. The summed E-state index contributed by atoms with van der Waals surface area (Å²) in [5, 5.41) is 2.81. The quantitative estimate of drug-likeness (QED) is 0.595. The van der Waals surface area contributed by atoms with Crippen LogP contribution in [-0.2, 0) is 0 Å². The number of H-pyrrole nitrogens is 2. The van der Waals surface area contributed by atoms with Gasteiger partial charge >= 0.3 is 5.69 Å². The lowest BCUT2D eigenvalue weighted by atomic mass is 10.2. The van der Waals surface area contributed by atoms with Crippen LogP contribution in [0.1, 0.15) is 9.67 Å². The lowest BCUT2D eigenvalue weighted by Crippen LogP contribution is -2.10. The van der Waals surface area contributed by atoms with Crippen molar-refractivity contribution >= 4 is 65.8 Å². The molecule has 0 aliphatic heterocycles. The molecule has 0 atom stereocenters. The van der Waals surface area contributed by atoms with Crippen LogP contribution in [0, 0.1) is 0 Å². The second-order valence-corrected chi connectivity index (χ2v) is 7.33. The van der Waals surface area contributed by atoms with E-state index in [-0.39, 0.29) is 11.6 Å². The number of amides is 1. The zero-order chi connectivity index (χ0) is 14.3. The fourth-order valence-corrected chi connectivity index (χ4v) is 3.50. The minimum atomic E-state index is -0.280. The smallest absolute Gasteiger partial charge is 0.320 e. The van der Waals surface area contributed by atoms with Gasteiger partial charge in [-0.15, -0.1) is 11.3 Å². The molecule has 0 spiro atoms. The first-order chi connectivity index (χ1) is 9.52. The Bertz CT molecular complexity index is 865. The molecule has 0 saturated heterocycles. The van der Waals surface area contributed by atoms with Gasteiger partial charge in [-0.05, 0) is 56.1 Å². The molecule has 1 aromatic carbocycles. The highest BCUT2D eigenvalue weighted by atomic mass is 79.9. The fraction of sp³-hybridized carbons (Fsp3) is 0. The first-order valence-corrected chi connectivity index (χ1v) is 7.91. The highest BCUT2D eigenvalue weighted by molar-refractivity contribution is 9.11. The molecule has 8 heteroatoms. The van der Waals surface area contributed by atoms with Crippen molar-refractivity contribution in [2.75, 3.05) is 5.32 Å². The summed E-state index contributed by atoms with van der Waals surface area (Å²) in [7, 11) is 0. The Morgan fingerprint density at radius 1 is 1.15 bits per heavy atom. The van der Waals surface area contributed by atoms with Crippen molar-refractivity contribution in [2.45, 2.75) is 0 Å². The van der Waals surface area contributed by atoms with Gasteiger partial charge in [0.2, 0.25) is 0 Å². The maximum atomic E-state index is 12.1. The predicted molar refractivity (Wildman–Crippen MR) is 86.6 cm³/mol. The van der Waals surface area contributed by atoms with Crippen LogP contribution in [0.15, 0.2) is 37.3 Å². The molecule has 2 aromatic heterocycles. The molecule has 102 valence electrons. The van der Waals surface area contributed by atoms with Gasteiger partial charge in [-0.1, -0.05) is 0 Å². The molecule has 3 N–H and O–H groups in total. The maximum Gasteiger partial charge on any atom is 0.323 e. The maximum absolute atomic E-state index is 12.1. The van der Waals surface area contributed by atoms with Crippen molar-refractivity contribution in [1.82, 2.24) is 9.97 Å². The van der Waals surface area contributed by atoms with Gasteiger partial charge in [0.1, 0.15) is 0 Å². The molecule has 0 radical (unpaired) electrons. The number of benzene rings is 1. The van der Waals surface area contributed by atoms with Crippen molar-refractivity contribution in [2.24, 2.45) is 0 Å². The van der Waals surface area contributed by atoms with Gasteiger partial charge in [0.25, 0.3) is 5.91 Å². The summed E-state index contributed by atoms with van der Waals surface area (Å²) in [4.78, 5) is 29.3. The summed E-state index contributed by atoms with van der Waals surface area (Å²) in [6, 6.07) is 7.02. The van der Waals surface area contributed by atoms with Gasteiger partial charge in [-0.3, -0.25) is 4.79 Å². The van der Waals surface area contributed by atoms with Gasteiger partial charge in [-0.2, -0.15) is 0 Å². The van der Waals surface area contributed by atoms with E-state index in [2.05, 4.69) is 47.1 Å². The zero-order valence-electron chi connectivity index (χ0n) is 9.79. The number of hydrogen-bond donors (Lipinski definition) is 3. The third kappa shape index (κ3) is 2.58. The molecule has 0 fully saturated rings. The van der Waals surface area contributed by atoms with Gasteiger partial charge in [0, 0.05) is 4.47 Å². The second-order valence-electron chi connectivity index (χ2n) is 4.01. The van der Waals surface area contributed by atoms with E-state index in [1.807, 2.05) is 6.07 Å².